The van der Waals surface area contributed by atoms with Crippen LogP contribution in [0.3, 0.4) is 0 Å². The van der Waals surface area contributed by atoms with E-state index < -0.39 is 23.9 Å². The maximum atomic E-state index is 12.3. The molecule has 2 unspecified atom stereocenters. The van der Waals surface area contributed by atoms with Crippen LogP contribution in [0.1, 0.15) is 66.7 Å². The lowest BCUT2D eigenvalue weighted by atomic mass is 9.84. The molecule has 3 atom stereocenters. The molecule has 1 aliphatic carbocycles. The first-order valence-corrected chi connectivity index (χ1v) is 11.8. The Hall–Kier alpha value is -2.45. The average Bonchev–Trinajstić information content (AvgIpc) is 3.21. The highest BCUT2D eigenvalue weighted by atomic mass is 19.4. The molecule has 9 heteroatoms. The number of hydrogen-bond donors (Lipinski definition) is 2. The van der Waals surface area contributed by atoms with Crippen LogP contribution >= 0.6 is 0 Å². The topological polar surface area (TPSA) is 80.2 Å². The molecule has 1 aliphatic rings. The summed E-state index contributed by atoms with van der Waals surface area (Å²) in [7, 11) is 0. The van der Waals surface area contributed by atoms with Gasteiger partial charge < -0.3 is 19.9 Å². The molecule has 2 N–H and O–H groups in total. The van der Waals surface area contributed by atoms with Gasteiger partial charge in [-0.2, -0.15) is 0 Å². The third-order valence-corrected chi connectivity index (χ3v) is 5.80. The van der Waals surface area contributed by atoms with Crippen LogP contribution in [0.2, 0.25) is 0 Å². The standard InChI is InChI=1S/C25H37F3N2O4/c1-16(30-19-10-12-20(13-11-19)33-25(26,27)28)15-29-22(34-24(3,4)5)21(17(2)23(31)32)14-18-8-6-7-9-18/h10-13,16-18,21,30H,6-9,14-15H2,1-5H3,(H,31,32)/t16-,17?,21?/m0/s1. The van der Waals surface area contributed by atoms with Crippen molar-refractivity contribution in [2.24, 2.45) is 22.7 Å². The summed E-state index contributed by atoms with van der Waals surface area (Å²) in [5.41, 5.74) is 0.0904. The molecule has 0 aromatic heterocycles. The number of benzene rings is 1. The monoisotopic (exact) mass is 486 g/mol. The fourth-order valence-electron chi connectivity index (χ4n) is 4.14. The van der Waals surface area contributed by atoms with E-state index in [9.17, 15) is 23.1 Å². The maximum Gasteiger partial charge on any atom is 0.573 e. The van der Waals surface area contributed by atoms with Crippen LogP contribution in [-0.2, 0) is 9.53 Å². The molecular weight excluding hydrogens is 449 g/mol. The first-order chi connectivity index (χ1) is 15.7. The van der Waals surface area contributed by atoms with Gasteiger partial charge in [-0.3, -0.25) is 9.79 Å². The summed E-state index contributed by atoms with van der Waals surface area (Å²) in [5, 5.41) is 12.9. The van der Waals surface area contributed by atoms with Crippen LogP contribution in [0.25, 0.3) is 0 Å². The zero-order valence-electron chi connectivity index (χ0n) is 20.6. The smallest absolute Gasteiger partial charge is 0.481 e. The third kappa shape index (κ3) is 9.81. The zero-order chi connectivity index (χ0) is 25.5. The van der Waals surface area contributed by atoms with E-state index in [1.165, 1.54) is 37.1 Å². The van der Waals surface area contributed by atoms with Crippen molar-refractivity contribution in [1.82, 2.24) is 0 Å². The Balaban J connectivity index is 2.14. The Labute approximate surface area is 199 Å². The molecule has 192 valence electrons. The fraction of sp³-hybridized carbons (Fsp3) is 0.680. The van der Waals surface area contributed by atoms with E-state index >= 15 is 0 Å². The van der Waals surface area contributed by atoms with Gasteiger partial charge in [0.1, 0.15) is 11.4 Å². The van der Waals surface area contributed by atoms with Crippen molar-refractivity contribution in [3.05, 3.63) is 24.3 Å². The molecule has 6 nitrogen and oxygen atoms in total. The summed E-state index contributed by atoms with van der Waals surface area (Å²) in [6, 6.07) is 5.32. The molecule has 0 radical (unpaired) electrons. The quantitative estimate of drug-likeness (QED) is 0.291. The summed E-state index contributed by atoms with van der Waals surface area (Å²) in [6.45, 7) is 9.65. The number of aliphatic imine (C=N–C) groups is 1. The lowest BCUT2D eigenvalue weighted by Crippen LogP contribution is -2.36. The minimum absolute atomic E-state index is 0.166. The van der Waals surface area contributed by atoms with Gasteiger partial charge >= 0.3 is 12.3 Å². The number of alkyl halides is 3. The number of rotatable bonds is 10. The van der Waals surface area contributed by atoms with Crippen molar-refractivity contribution in [3.63, 3.8) is 0 Å². The number of halogens is 3. The van der Waals surface area contributed by atoms with Crippen LogP contribution in [0, 0.1) is 17.8 Å². The molecule has 2 rings (SSSR count). The van der Waals surface area contributed by atoms with E-state index in [0.29, 0.717) is 24.0 Å². The molecule has 0 aliphatic heterocycles. The predicted octanol–water partition coefficient (Wildman–Crippen LogP) is 6.52. The van der Waals surface area contributed by atoms with Crippen LogP contribution in [0.4, 0.5) is 18.9 Å². The molecular formula is C25H37F3N2O4. The lowest BCUT2D eigenvalue weighted by molar-refractivity contribution is -0.274. The summed E-state index contributed by atoms with van der Waals surface area (Å²) in [4.78, 5) is 16.6. The third-order valence-electron chi connectivity index (χ3n) is 5.80. The van der Waals surface area contributed by atoms with Gasteiger partial charge in [-0.1, -0.05) is 32.6 Å². The number of carboxylic acid groups (broad SMARTS) is 1. The highest BCUT2D eigenvalue weighted by Crippen LogP contribution is 2.34. The Bertz CT molecular complexity index is 813. The number of anilines is 1. The van der Waals surface area contributed by atoms with Gasteiger partial charge in [0.15, 0.2) is 5.90 Å². The van der Waals surface area contributed by atoms with Crippen LogP contribution < -0.4 is 10.1 Å². The van der Waals surface area contributed by atoms with Gasteiger partial charge in [0.2, 0.25) is 0 Å². The summed E-state index contributed by atoms with van der Waals surface area (Å²) in [6.07, 6.45) is 0.515. The van der Waals surface area contributed by atoms with Gasteiger partial charge in [-0.25, -0.2) is 0 Å². The normalized spacial score (nSPS) is 18.3. The van der Waals surface area contributed by atoms with Crippen LogP contribution in [-0.4, -0.2) is 41.5 Å². The van der Waals surface area contributed by atoms with Crippen molar-refractivity contribution in [3.8, 4) is 5.75 Å². The van der Waals surface area contributed by atoms with E-state index in [0.717, 1.165) is 19.3 Å². The SMILES string of the molecule is CC(C(=O)O)C(CC1CCCC1)C(=NC[C@H](C)Nc1ccc(OC(F)(F)F)cc1)OC(C)(C)C. The molecule has 0 saturated heterocycles. The average molecular weight is 487 g/mol. The van der Waals surface area contributed by atoms with E-state index in [-0.39, 0.29) is 17.7 Å². The van der Waals surface area contributed by atoms with E-state index in [1.807, 2.05) is 27.7 Å². The second kappa shape index (κ2) is 11.8. The number of hydrogen-bond acceptors (Lipinski definition) is 5. The minimum Gasteiger partial charge on any atom is -0.481 e. The summed E-state index contributed by atoms with van der Waals surface area (Å²) < 4.78 is 47.1. The minimum atomic E-state index is -4.73. The Kier molecular flexibility index (Phi) is 9.64. The maximum absolute atomic E-state index is 12.3. The van der Waals surface area contributed by atoms with Crippen molar-refractivity contribution in [1.29, 1.82) is 0 Å². The lowest BCUT2D eigenvalue weighted by Gasteiger charge is -2.31. The fourth-order valence-corrected chi connectivity index (χ4v) is 4.14. The number of carbonyl (C=O) groups is 1. The number of ether oxygens (including phenoxy) is 2. The first kappa shape index (κ1) is 27.8. The van der Waals surface area contributed by atoms with Crippen molar-refractivity contribution >= 4 is 17.6 Å². The van der Waals surface area contributed by atoms with Gasteiger partial charge in [0.25, 0.3) is 0 Å². The molecule has 1 aromatic carbocycles. The van der Waals surface area contributed by atoms with Gasteiger partial charge in [0.05, 0.1) is 12.5 Å². The summed E-state index contributed by atoms with van der Waals surface area (Å²) >= 11 is 0. The van der Waals surface area contributed by atoms with E-state index in [1.54, 1.807) is 6.92 Å². The van der Waals surface area contributed by atoms with Gasteiger partial charge in [0, 0.05) is 17.6 Å². The van der Waals surface area contributed by atoms with Gasteiger partial charge in [-0.15, -0.1) is 13.2 Å². The zero-order valence-corrected chi connectivity index (χ0v) is 20.6. The molecule has 1 aromatic rings. The Morgan fingerprint density at radius 3 is 2.24 bits per heavy atom. The summed E-state index contributed by atoms with van der Waals surface area (Å²) in [5.74, 6) is -1.20. The number of carboxylic acids is 1. The molecule has 1 fully saturated rings. The molecule has 0 heterocycles. The molecule has 0 bridgehead atoms. The molecule has 34 heavy (non-hydrogen) atoms. The highest BCUT2D eigenvalue weighted by molar-refractivity contribution is 5.85. The molecule has 1 saturated carbocycles. The number of nitrogens with zero attached hydrogens (tertiary/aromatic N) is 1. The van der Waals surface area contributed by atoms with Crippen molar-refractivity contribution < 1.29 is 32.5 Å². The second-order valence-corrected chi connectivity index (χ2v) is 10.1. The first-order valence-electron chi connectivity index (χ1n) is 11.8. The number of aliphatic carboxylic acids is 1. The molecule has 0 amide bonds. The van der Waals surface area contributed by atoms with Gasteiger partial charge in [-0.05, 0) is 64.3 Å². The van der Waals surface area contributed by atoms with E-state index in [2.05, 4.69) is 10.1 Å². The Morgan fingerprint density at radius 2 is 1.74 bits per heavy atom. The predicted molar refractivity (Wildman–Crippen MR) is 126 cm³/mol. The van der Waals surface area contributed by atoms with Crippen molar-refractivity contribution in [2.45, 2.75) is 84.7 Å². The van der Waals surface area contributed by atoms with Crippen LogP contribution in [0.5, 0.6) is 5.75 Å². The molecule has 0 spiro atoms. The second-order valence-electron chi connectivity index (χ2n) is 10.1. The van der Waals surface area contributed by atoms with Crippen molar-refractivity contribution in [2.75, 3.05) is 11.9 Å². The van der Waals surface area contributed by atoms with Crippen LogP contribution in [0.15, 0.2) is 29.3 Å². The highest BCUT2D eigenvalue weighted by Gasteiger charge is 2.35. The largest absolute Gasteiger partial charge is 0.573 e. The Morgan fingerprint density at radius 1 is 1.15 bits per heavy atom. The van der Waals surface area contributed by atoms with E-state index in [4.69, 9.17) is 9.73 Å². The number of nitrogens with one attached hydrogen (secondary N) is 1.